The maximum atomic E-state index is 13.9. The smallest absolute Gasteiger partial charge is 0.313 e. The fraction of sp³-hybridized carbons (Fsp3) is 0.467. The fourth-order valence-corrected chi connectivity index (χ4v) is 2.47. The summed E-state index contributed by atoms with van der Waals surface area (Å²) in [6, 6.07) is 2.23. The van der Waals surface area contributed by atoms with E-state index in [2.05, 4.69) is 11.4 Å². The summed E-state index contributed by atoms with van der Waals surface area (Å²) in [5.74, 6) is -0.582. The Labute approximate surface area is 123 Å². The Morgan fingerprint density at radius 3 is 2.86 bits per heavy atom. The molecule has 0 amide bonds. The Morgan fingerprint density at radius 2 is 2.24 bits per heavy atom. The molecule has 114 valence electrons. The Balaban J connectivity index is 2.02. The molecule has 2 rings (SSSR count). The van der Waals surface area contributed by atoms with Gasteiger partial charge in [-0.2, -0.15) is 0 Å². The number of ether oxygens (including phenoxy) is 1. The summed E-state index contributed by atoms with van der Waals surface area (Å²) in [6.07, 6.45) is 7.79. The van der Waals surface area contributed by atoms with Gasteiger partial charge in [-0.05, 0) is 32.1 Å². The minimum atomic E-state index is -0.654. The molecule has 0 saturated heterocycles. The first kappa shape index (κ1) is 15.3. The Bertz CT molecular complexity index is 558. The highest BCUT2D eigenvalue weighted by Crippen LogP contribution is 2.32. The molecule has 1 N–H and O–H groups in total. The van der Waals surface area contributed by atoms with Gasteiger partial charge in [0.25, 0.3) is 0 Å². The van der Waals surface area contributed by atoms with Crippen LogP contribution in [-0.4, -0.2) is 18.6 Å². The molecule has 5 nitrogen and oxygen atoms in total. The van der Waals surface area contributed by atoms with Crippen molar-refractivity contribution in [2.75, 3.05) is 19.0 Å². The van der Waals surface area contributed by atoms with Crippen LogP contribution in [0.5, 0.6) is 5.75 Å². The maximum Gasteiger partial charge on any atom is 0.313 e. The summed E-state index contributed by atoms with van der Waals surface area (Å²) in [6.45, 7) is 0.601. The Kier molecular flexibility index (Phi) is 5.14. The number of hydrogen-bond acceptors (Lipinski definition) is 4. The van der Waals surface area contributed by atoms with E-state index in [1.807, 2.05) is 0 Å². The van der Waals surface area contributed by atoms with E-state index in [1.54, 1.807) is 0 Å². The van der Waals surface area contributed by atoms with Crippen LogP contribution in [0, 0.1) is 15.9 Å². The molecule has 1 aliphatic carbocycles. The zero-order chi connectivity index (χ0) is 15.2. The van der Waals surface area contributed by atoms with Gasteiger partial charge in [0.15, 0.2) is 11.6 Å². The van der Waals surface area contributed by atoms with Gasteiger partial charge in [0.2, 0.25) is 0 Å². The van der Waals surface area contributed by atoms with Crippen LogP contribution in [0.3, 0.4) is 0 Å². The number of allylic oxidation sites excluding steroid dienone is 1. The van der Waals surface area contributed by atoms with Crippen LogP contribution in [0.1, 0.15) is 32.1 Å². The minimum Gasteiger partial charge on any atom is -0.490 e. The molecule has 21 heavy (non-hydrogen) atoms. The van der Waals surface area contributed by atoms with E-state index in [1.165, 1.54) is 31.6 Å². The number of halogens is 1. The molecule has 0 unspecified atom stereocenters. The van der Waals surface area contributed by atoms with E-state index in [4.69, 9.17) is 4.74 Å². The third-order valence-electron chi connectivity index (χ3n) is 3.61. The van der Waals surface area contributed by atoms with Gasteiger partial charge >= 0.3 is 5.69 Å². The quantitative estimate of drug-likeness (QED) is 0.488. The second-order valence-electron chi connectivity index (χ2n) is 5.05. The molecule has 1 aromatic rings. The van der Waals surface area contributed by atoms with Crippen molar-refractivity contribution in [3.05, 3.63) is 39.7 Å². The molecular weight excluding hydrogens is 275 g/mol. The fourth-order valence-electron chi connectivity index (χ4n) is 2.47. The van der Waals surface area contributed by atoms with E-state index in [-0.39, 0.29) is 17.1 Å². The normalized spacial score (nSPS) is 14.5. The predicted molar refractivity (Wildman–Crippen MR) is 79.3 cm³/mol. The highest BCUT2D eigenvalue weighted by Gasteiger charge is 2.19. The largest absolute Gasteiger partial charge is 0.490 e. The van der Waals surface area contributed by atoms with Gasteiger partial charge < -0.3 is 10.1 Å². The van der Waals surface area contributed by atoms with Crippen molar-refractivity contribution >= 4 is 11.4 Å². The van der Waals surface area contributed by atoms with E-state index in [9.17, 15) is 14.5 Å². The maximum absolute atomic E-state index is 13.9. The molecule has 1 aliphatic rings. The second-order valence-corrected chi connectivity index (χ2v) is 5.05. The number of anilines is 1. The zero-order valence-electron chi connectivity index (χ0n) is 12.0. The number of nitro benzene ring substituents is 1. The van der Waals surface area contributed by atoms with Crippen LogP contribution in [0.4, 0.5) is 15.8 Å². The van der Waals surface area contributed by atoms with Crippen molar-refractivity contribution in [3.63, 3.8) is 0 Å². The van der Waals surface area contributed by atoms with Crippen LogP contribution >= 0.6 is 0 Å². The number of nitrogens with one attached hydrogen (secondary N) is 1. The summed E-state index contributed by atoms with van der Waals surface area (Å²) in [4.78, 5) is 10.1. The first-order valence-corrected chi connectivity index (χ1v) is 7.05. The van der Waals surface area contributed by atoms with Crippen LogP contribution in [0.2, 0.25) is 0 Å². The molecule has 0 aliphatic heterocycles. The van der Waals surface area contributed by atoms with Gasteiger partial charge in [0.1, 0.15) is 0 Å². The molecule has 1 aromatic carbocycles. The van der Waals surface area contributed by atoms with Gasteiger partial charge in [0.05, 0.1) is 23.8 Å². The molecule has 0 atom stereocenters. The number of benzene rings is 1. The number of nitro groups is 1. The summed E-state index contributed by atoms with van der Waals surface area (Å²) >= 11 is 0. The topological polar surface area (TPSA) is 64.4 Å². The average Bonchev–Trinajstić information content (AvgIpc) is 2.49. The number of rotatable bonds is 6. The summed E-state index contributed by atoms with van der Waals surface area (Å²) in [5, 5.41) is 13.8. The molecule has 0 heterocycles. The van der Waals surface area contributed by atoms with Crippen molar-refractivity contribution in [2.45, 2.75) is 32.1 Å². The molecule has 0 radical (unpaired) electrons. The van der Waals surface area contributed by atoms with Crippen molar-refractivity contribution in [2.24, 2.45) is 0 Å². The summed E-state index contributed by atoms with van der Waals surface area (Å²) in [5.41, 5.74) is 1.26. The molecule has 0 aromatic heterocycles. The highest BCUT2D eigenvalue weighted by atomic mass is 19.1. The average molecular weight is 294 g/mol. The number of nitrogens with zero attached hydrogens (tertiary/aromatic N) is 1. The van der Waals surface area contributed by atoms with Crippen LogP contribution in [0.15, 0.2) is 23.8 Å². The molecule has 0 fully saturated rings. The third kappa shape index (κ3) is 3.93. The third-order valence-corrected chi connectivity index (χ3v) is 3.61. The van der Waals surface area contributed by atoms with Crippen molar-refractivity contribution in [3.8, 4) is 5.75 Å². The van der Waals surface area contributed by atoms with Crippen molar-refractivity contribution in [1.29, 1.82) is 0 Å². The van der Waals surface area contributed by atoms with Gasteiger partial charge in [-0.3, -0.25) is 10.1 Å². The first-order valence-electron chi connectivity index (χ1n) is 7.05. The monoisotopic (exact) mass is 294 g/mol. The van der Waals surface area contributed by atoms with E-state index in [0.29, 0.717) is 6.54 Å². The molecule has 6 heteroatoms. The molecule has 0 spiro atoms. The van der Waals surface area contributed by atoms with E-state index >= 15 is 0 Å². The van der Waals surface area contributed by atoms with Crippen LogP contribution < -0.4 is 10.1 Å². The second kappa shape index (κ2) is 7.06. The summed E-state index contributed by atoms with van der Waals surface area (Å²) < 4.78 is 18.8. The van der Waals surface area contributed by atoms with Crippen LogP contribution in [0.25, 0.3) is 0 Å². The lowest BCUT2D eigenvalue weighted by Crippen LogP contribution is -2.07. The molecule has 0 saturated carbocycles. The Morgan fingerprint density at radius 1 is 1.43 bits per heavy atom. The molecular formula is C15H19FN2O3. The lowest BCUT2D eigenvalue weighted by molar-refractivity contribution is -0.385. The first-order chi connectivity index (χ1) is 10.1. The lowest BCUT2D eigenvalue weighted by atomic mass is 9.97. The predicted octanol–water partition coefficient (Wildman–Crippen LogP) is 4.04. The standard InChI is InChI=1S/C15H19FN2O3/c1-21-15-10-13(12(16)9-14(15)18(19)20)17-8-7-11-5-3-2-4-6-11/h5,9-10,17H,2-4,6-8H2,1H3. The van der Waals surface area contributed by atoms with Gasteiger partial charge in [-0.15, -0.1) is 0 Å². The Hall–Kier alpha value is -2.11. The summed E-state index contributed by atoms with van der Waals surface area (Å²) in [7, 11) is 1.33. The van der Waals surface area contributed by atoms with E-state index in [0.717, 1.165) is 25.3 Å². The minimum absolute atomic E-state index is 0.0563. The highest BCUT2D eigenvalue weighted by molar-refractivity contribution is 5.59. The van der Waals surface area contributed by atoms with Crippen LogP contribution in [-0.2, 0) is 0 Å². The van der Waals surface area contributed by atoms with Gasteiger partial charge in [0, 0.05) is 12.6 Å². The van der Waals surface area contributed by atoms with Gasteiger partial charge in [-0.25, -0.2) is 4.39 Å². The van der Waals surface area contributed by atoms with Gasteiger partial charge in [-0.1, -0.05) is 11.6 Å². The number of methoxy groups -OCH3 is 1. The molecule has 0 bridgehead atoms. The number of hydrogen-bond donors (Lipinski definition) is 1. The SMILES string of the molecule is COc1cc(NCCC2=CCCCC2)c(F)cc1[N+](=O)[O-]. The zero-order valence-corrected chi connectivity index (χ0v) is 12.0. The van der Waals surface area contributed by atoms with Crippen molar-refractivity contribution in [1.82, 2.24) is 0 Å². The van der Waals surface area contributed by atoms with E-state index < -0.39 is 10.7 Å². The lowest BCUT2D eigenvalue weighted by Gasteiger charge is -2.14. The van der Waals surface area contributed by atoms with Crippen molar-refractivity contribution < 1.29 is 14.1 Å².